The zero-order valence-electron chi connectivity index (χ0n) is 23.4. The van der Waals surface area contributed by atoms with E-state index in [1.165, 1.54) is 10.6 Å². The van der Waals surface area contributed by atoms with Gasteiger partial charge in [-0.3, -0.25) is 4.79 Å². The molecule has 0 bridgehead atoms. The lowest BCUT2D eigenvalue weighted by molar-refractivity contribution is -0.0455. The predicted octanol–water partition coefficient (Wildman–Crippen LogP) is 4.55. The summed E-state index contributed by atoms with van der Waals surface area (Å²) in [7, 11) is -1.80. The molecule has 1 saturated heterocycles. The molecule has 39 heavy (non-hydrogen) atoms. The van der Waals surface area contributed by atoms with Crippen molar-refractivity contribution >= 4 is 16.1 Å². The number of carbonyl (C=O) groups is 1. The van der Waals surface area contributed by atoms with E-state index in [-0.39, 0.29) is 18.0 Å². The minimum atomic E-state index is -3.51. The van der Waals surface area contributed by atoms with Gasteiger partial charge in [-0.2, -0.15) is 0 Å². The van der Waals surface area contributed by atoms with Gasteiger partial charge >= 0.3 is 6.09 Å². The summed E-state index contributed by atoms with van der Waals surface area (Å²) in [6.07, 6.45) is 14.1. The van der Waals surface area contributed by atoms with Crippen LogP contribution < -0.4 is 10.3 Å². The normalized spacial score (nSPS) is 19.6. The number of rotatable bonds is 9. The van der Waals surface area contributed by atoms with Gasteiger partial charge in [0.05, 0.1) is 12.3 Å². The van der Waals surface area contributed by atoms with E-state index in [0.717, 1.165) is 22.9 Å². The largest absolute Gasteiger partial charge is 0.437 e. The number of aromatic nitrogens is 1. The number of carbonyl (C=O) groups excluding carboxylic acids is 1. The third kappa shape index (κ3) is 7.28. The average Bonchev–Trinajstić information content (AvgIpc) is 2.84. The number of benzene rings is 1. The first-order valence-electron chi connectivity index (χ1n) is 12.8. The number of nitrogens with one attached hydrogen (secondary N) is 1. The van der Waals surface area contributed by atoms with E-state index in [2.05, 4.69) is 10.6 Å². The Balaban J connectivity index is 1.87. The van der Waals surface area contributed by atoms with Crippen LogP contribution in [0.15, 0.2) is 71.2 Å². The van der Waals surface area contributed by atoms with Crippen LogP contribution >= 0.6 is 0 Å². The van der Waals surface area contributed by atoms with Crippen LogP contribution in [0, 0.1) is 12.3 Å². The van der Waals surface area contributed by atoms with Crippen LogP contribution in [-0.2, 0) is 21.8 Å². The lowest BCUT2D eigenvalue weighted by Crippen LogP contribution is -2.56. The van der Waals surface area contributed by atoms with E-state index >= 15 is 0 Å². The number of sulfonamides is 1. The van der Waals surface area contributed by atoms with Crippen LogP contribution in [0.2, 0.25) is 0 Å². The summed E-state index contributed by atoms with van der Waals surface area (Å²) in [4.78, 5) is 26.8. The fourth-order valence-corrected chi connectivity index (χ4v) is 6.18. The highest BCUT2D eigenvalue weighted by molar-refractivity contribution is 7.88. The van der Waals surface area contributed by atoms with Gasteiger partial charge in [0, 0.05) is 49.8 Å². The van der Waals surface area contributed by atoms with Crippen LogP contribution in [-0.4, -0.2) is 47.9 Å². The lowest BCUT2D eigenvalue weighted by Gasteiger charge is -2.46. The molecule has 208 valence electrons. The molecule has 0 spiro atoms. The highest BCUT2D eigenvalue weighted by Gasteiger charge is 2.48. The second-order valence-corrected chi connectivity index (χ2v) is 12.4. The lowest BCUT2D eigenvalue weighted by atomic mass is 9.78. The molecule has 1 amide bonds. The summed E-state index contributed by atoms with van der Waals surface area (Å²) in [5, 5.41) is 0. The third-order valence-electron chi connectivity index (χ3n) is 6.84. The molecule has 0 unspecified atom stereocenters. The molecule has 0 saturated carbocycles. The highest BCUT2D eigenvalue weighted by Crippen LogP contribution is 2.40. The number of ether oxygens (including phenoxy) is 1. The van der Waals surface area contributed by atoms with Gasteiger partial charge in [-0.25, -0.2) is 17.9 Å². The van der Waals surface area contributed by atoms with E-state index in [9.17, 15) is 18.0 Å². The summed E-state index contributed by atoms with van der Waals surface area (Å²) in [6.45, 7) is 7.64. The zero-order chi connectivity index (χ0) is 29.0. The van der Waals surface area contributed by atoms with Crippen molar-refractivity contribution in [2.75, 3.05) is 12.8 Å². The van der Waals surface area contributed by atoms with Crippen molar-refractivity contribution in [1.29, 1.82) is 0 Å². The molecular formula is C30H37N3O5S. The maximum absolute atomic E-state index is 13.5. The van der Waals surface area contributed by atoms with Gasteiger partial charge in [-0.05, 0) is 56.5 Å². The predicted molar refractivity (Wildman–Crippen MR) is 154 cm³/mol. The zero-order valence-corrected chi connectivity index (χ0v) is 24.2. The molecule has 0 aliphatic carbocycles. The van der Waals surface area contributed by atoms with Crippen LogP contribution in [0.25, 0.3) is 11.1 Å². The maximum Gasteiger partial charge on any atom is 0.411 e. The Morgan fingerprint density at radius 2 is 1.85 bits per heavy atom. The molecule has 8 nitrogen and oxygen atoms in total. The molecule has 2 aromatic rings. The molecule has 1 N–H and O–H groups in total. The monoisotopic (exact) mass is 551 g/mol. The number of pyridine rings is 1. The first kappa shape index (κ1) is 29.9. The Labute approximate surface area is 231 Å². The van der Waals surface area contributed by atoms with Gasteiger partial charge < -0.3 is 14.2 Å². The Kier molecular flexibility index (Phi) is 8.94. The molecule has 1 aromatic heterocycles. The first-order chi connectivity index (χ1) is 18.2. The van der Waals surface area contributed by atoms with E-state index < -0.39 is 27.3 Å². The molecule has 9 heteroatoms. The van der Waals surface area contributed by atoms with Crippen molar-refractivity contribution in [3.05, 3.63) is 82.3 Å². The Morgan fingerprint density at radius 1 is 1.21 bits per heavy atom. The third-order valence-corrected chi connectivity index (χ3v) is 7.77. The molecule has 1 fully saturated rings. The summed E-state index contributed by atoms with van der Waals surface area (Å²) in [5.74, 6) is 2.67. The SMILES string of the molecule is C#C/C(=C\C=C/C)[C@@]1(CC(C)(C)NS(C)(=O)=O)CCN([C@@H](C)c2ccc(-c3ccc(=O)n(C)c3)cc2)C(=O)O1. The van der Waals surface area contributed by atoms with Gasteiger partial charge in [0.25, 0.3) is 0 Å². The van der Waals surface area contributed by atoms with Crippen molar-refractivity contribution < 1.29 is 17.9 Å². The topological polar surface area (TPSA) is 97.7 Å². The number of aryl methyl sites for hydroxylation is 1. The average molecular weight is 552 g/mol. The van der Waals surface area contributed by atoms with Crippen molar-refractivity contribution in [2.24, 2.45) is 7.05 Å². The highest BCUT2D eigenvalue weighted by atomic mass is 32.2. The number of nitrogens with zero attached hydrogens (tertiary/aromatic N) is 2. The molecule has 1 aliphatic heterocycles. The van der Waals surface area contributed by atoms with Crippen molar-refractivity contribution in [3.8, 4) is 23.5 Å². The van der Waals surface area contributed by atoms with E-state index in [4.69, 9.17) is 11.2 Å². The smallest absolute Gasteiger partial charge is 0.411 e. The first-order valence-corrected chi connectivity index (χ1v) is 14.6. The second-order valence-electron chi connectivity index (χ2n) is 10.7. The fourth-order valence-electron chi connectivity index (χ4n) is 5.10. The molecule has 0 radical (unpaired) electrons. The van der Waals surface area contributed by atoms with Crippen LogP contribution in [0.4, 0.5) is 4.79 Å². The summed E-state index contributed by atoms with van der Waals surface area (Å²) in [5.41, 5.74) is 1.10. The van der Waals surface area contributed by atoms with Gasteiger partial charge in [0.15, 0.2) is 5.60 Å². The number of amides is 1. The minimum Gasteiger partial charge on any atom is -0.437 e. The number of cyclic esters (lactones) is 1. The molecule has 2 heterocycles. The molecule has 1 aromatic carbocycles. The van der Waals surface area contributed by atoms with Crippen LogP contribution in [0.1, 0.15) is 52.1 Å². The van der Waals surface area contributed by atoms with E-state index in [1.807, 2.05) is 44.2 Å². The van der Waals surface area contributed by atoms with Crippen LogP contribution in [0.3, 0.4) is 0 Å². The summed E-state index contributed by atoms with van der Waals surface area (Å²) >= 11 is 0. The van der Waals surface area contributed by atoms with Crippen molar-refractivity contribution in [2.45, 2.75) is 57.7 Å². The fraction of sp³-hybridized carbons (Fsp3) is 0.400. The molecule has 3 rings (SSSR count). The van der Waals surface area contributed by atoms with Gasteiger partial charge in [-0.1, -0.05) is 42.3 Å². The number of hydrogen-bond donors (Lipinski definition) is 1. The van der Waals surface area contributed by atoms with Crippen molar-refractivity contribution in [1.82, 2.24) is 14.2 Å². The van der Waals surface area contributed by atoms with Crippen LogP contribution in [0.5, 0.6) is 0 Å². The van der Waals surface area contributed by atoms with E-state index in [0.29, 0.717) is 18.5 Å². The standard InChI is InChI=1S/C30H37N3O5S/c1-8-10-11-26(9-2)30(21-29(4,5)31-39(7,36)37)18-19-33(28(35)38-30)22(3)23-12-14-24(15-13-23)25-16-17-27(34)32(6)20-25/h2,8,10-17,20,22,31H,18-19,21H2,1,3-7H3/b10-8-,26-11+/t22-,30-/m0/s1. The Morgan fingerprint density at radius 3 is 2.38 bits per heavy atom. The number of hydrogen-bond acceptors (Lipinski definition) is 5. The quantitative estimate of drug-likeness (QED) is 0.364. The van der Waals surface area contributed by atoms with Gasteiger partial charge in [0.1, 0.15) is 0 Å². The second kappa shape index (κ2) is 11.6. The molecule has 1 aliphatic rings. The number of allylic oxidation sites excluding steroid dienone is 3. The molecule has 2 atom stereocenters. The van der Waals surface area contributed by atoms with Crippen molar-refractivity contribution in [3.63, 3.8) is 0 Å². The summed E-state index contributed by atoms with van der Waals surface area (Å²) in [6, 6.07) is 10.9. The molecular weight excluding hydrogens is 514 g/mol. The Bertz CT molecular complexity index is 1480. The van der Waals surface area contributed by atoms with E-state index in [1.54, 1.807) is 50.2 Å². The number of terminal acetylenes is 1. The Hall–Kier alpha value is -3.61. The summed E-state index contributed by atoms with van der Waals surface area (Å²) < 4.78 is 34.3. The maximum atomic E-state index is 13.5. The van der Waals surface area contributed by atoms with Gasteiger partial charge in [-0.15, -0.1) is 6.42 Å². The van der Waals surface area contributed by atoms with Gasteiger partial charge in [0.2, 0.25) is 15.6 Å². The minimum absolute atomic E-state index is 0.0762.